The van der Waals surface area contributed by atoms with E-state index in [0.717, 1.165) is 0 Å². The van der Waals surface area contributed by atoms with E-state index in [1.54, 1.807) is 25.2 Å². The molecule has 2 N–H and O–H groups in total. The second-order valence-corrected chi connectivity index (χ2v) is 5.20. The van der Waals surface area contributed by atoms with Crippen molar-refractivity contribution < 1.29 is 9.59 Å². The number of fused-ring (bicyclic) bond motifs is 1. The number of Topliss-reactive ketones (excluding diaryl/α,β-unsaturated/α-hetero) is 2. The number of aromatic nitrogens is 2. The van der Waals surface area contributed by atoms with Gasteiger partial charge in [-0.3, -0.25) is 18.7 Å². The predicted octanol–water partition coefficient (Wildman–Crippen LogP) is 0.785. The number of carbonyl (C=O) groups excluding carboxylic acids is 2. The van der Waals surface area contributed by atoms with Gasteiger partial charge in [0.25, 0.3) is 0 Å². The molecule has 1 aromatic heterocycles. The fourth-order valence-electron chi connectivity index (χ4n) is 2.81. The maximum absolute atomic E-state index is 12.4. The molecule has 20 heavy (non-hydrogen) atoms. The summed E-state index contributed by atoms with van der Waals surface area (Å²) in [4.78, 5) is 35.8. The summed E-state index contributed by atoms with van der Waals surface area (Å²) in [6, 6.07) is 4.62. The molecule has 0 aliphatic heterocycles. The maximum atomic E-state index is 12.4. The predicted molar refractivity (Wildman–Crippen MR) is 74.5 cm³/mol. The van der Waals surface area contributed by atoms with Crippen LogP contribution < -0.4 is 11.4 Å². The van der Waals surface area contributed by atoms with E-state index in [4.69, 9.17) is 5.73 Å². The lowest BCUT2D eigenvalue weighted by Gasteiger charge is -2.21. The Hall–Kier alpha value is -2.37. The summed E-state index contributed by atoms with van der Waals surface area (Å²) in [5, 5.41) is 0. The molecule has 6 nitrogen and oxygen atoms in total. The van der Waals surface area contributed by atoms with E-state index in [9.17, 15) is 14.4 Å². The van der Waals surface area contributed by atoms with Gasteiger partial charge in [0, 0.05) is 19.2 Å². The second kappa shape index (κ2) is 4.33. The molecule has 1 saturated carbocycles. The van der Waals surface area contributed by atoms with Gasteiger partial charge in [-0.1, -0.05) is 0 Å². The summed E-state index contributed by atoms with van der Waals surface area (Å²) in [6.07, 6.45) is 0.651. The Morgan fingerprint density at radius 3 is 2.65 bits per heavy atom. The first kappa shape index (κ1) is 12.7. The van der Waals surface area contributed by atoms with E-state index in [1.807, 2.05) is 0 Å². The highest BCUT2D eigenvalue weighted by atomic mass is 16.2. The van der Waals surface area contributed by atoms with Crippen molar-refractivity contribution >= 4 is 28.3 Å². The van der Waals surface area contributed by atoms with E-state index < -0.39 is 6.04 Å². The highest BCUT2D eigenvalue weighted by molar-refractivity contribution is 6.03. The van der Waals surface area contributed by atoms with E-state index in [-0.39, 0.29) is 23.7 Å². The Morgan fingerprint density at radius 1 is 1.20 bits per heavy atom. The number of rotatable bonds is 1. The average Bonchev–Trinajstić information content (AvgIpc) is 2.63. The molecule has 1 atom stereocenters. The number of ketones is 2. The van der Waals surface area contributed by atoms with Crippen molar-refractivity contribution in [2.75, 3.05) is 5.73 Å². The molecule has 3 rings (SSSR count). The van der Waals surface area contributed by atoms with Crippen LogP contribution in [0.15, 0.2) is 23.0 Å². The average molecular weight is 273 g/mol. The highest BCUT2D eigenvalue weighted by Crippen LogP contribution is 2.26. The topological polar surface area (TPSA) is 87.1 Å². The third kappa shape index (κ3) is 1.76. The highest BCUT2D eigenvalue weighted by Gasteiger charge is 2.31. The molecule has 2 aromatic rings. The smallest absolute Gasteiger partial charge is 0.329 e. The minimum Gasteiger partial charge on any atom is -0.399 e. The third-order valence-corrected chi connectivity index (χ3v) is 3.86. The second-order valence-electron chi connectivity index (χ2n) is 5.20. The number of hydrogen-bond acceptors (Lipinski definition) is 4. The molecular formula is C14H15N3O3. The van der Waals surface area contributed by atoms with Crippen LogP contribution in [0.2, 0.25) is 0 Å². The van der Waals surface area contributed by atoms with Crippen molar-refractivity contribution in [2.45, 2.75) is 25.3 Å². The van der Waals surface area contributed by atoms with Crippen molar-refractivity contribution in [2.24, 2.45) is 7.05 Å². The van der Waals surface area contributed by atoms with Crippen LogP contribution in [0.25, 0.3) is 11.0 Å². The SMILES string of the molecule is Cn1c(=O)n(C2CCC(=O)CC2=O)c2ccc(N)cc21. The number of anilines is 1. The van der Waals surface area contributed by atoms with Gasteiger partial charge in [-0.25, -0.2) is 4.79 Å². The zero-order chi connectivity index (χ0) is 14.4. The summed E-state index contributed by atoms with van der Waals surface area (Å²) < 4.78 is 2.97. The van der Waals surface area contributed by atoms with Crippen molar-refractivity contribution in [3.63, 3.8) is 0 Å². The molecule has 0 spiro atoms. The monoisotopic (exact) mass is 273 g/mol. The first-order valence-corrected chi connectivity index (χ1v) is 6.50. The molecule has 0 bridgehead atoms. The van der Waals surface area contributed by atoms with E-state index >= 15 is 0 Å². The molecule has 6 heteroatoms. The van der Waals surface area contributed by atoms with Gasteiger partial charge in [0.15, 0.2) is 5.78 Å². The van der Waals surface area contributed by atoms with Crippen molar-refractivity contribution in [1.29, 1.82) is 0 Å². The molecule has 1 aliphatic carbocycles. The number of aryl methyl sites for hydroxylation is 1. The van der Waals surface area contributed by atoms with Gasteiger partial charge in [-0.05, 0) is 24.6 Å². The van der Waals surface area contributed by atoms with E-state index in [2.05, 4.69) is 0 Å². The van der Waals surface area contributed by atoms with Gasteiger partial charge in [0.1, 0.15) is 5.78 Å². The lowest BCUT2D eigenvalue weighted by atomic mass is 9.93. The largest absolute Gasteiger partial charge is 0.399 e. The number of nitrogens with two attached hydrogens (primary N) is 1. The van der Waals surface area contributed by atoms with Crippen LogP contribution in [0, 0.1) is 0 Å². The lowest BCUT2D eigenvalue weighted by Crippen LogP contribution is -2.34. The van der Waals surface area contributed by atoms with Gasteiger partial charge in [-0.2, -0.15) is 0 Å². The molecule has 1 aliphatic rings. The number of benzene rings is 1. The van der Waals surface area contributed by atoms with Crippen molar-refractivity contribution in [3.8, 4) is 0 Å². The molecule has 1 unspecified atom stereocenters. The molecule has 0 saturated heterocycles. The zero-order valence-corrected chi connectivity index (χ0v) is 11.1. The number of imidazole rings is 1. The Bertz CT molecular complexity index is 785. The Morgan fingerprint density at radius 2 is 1.95 bits per heavy atom. The Labute approximate surface area is 114 Å². The van der Waals surface area contributed by atoms with Crippen LogP contribution in [0.3, 0.4) is 0 Å². The molecule has 0 radical (unpaired) electrons. The summed E-state index contributed by atoms with van der Waals surface area (Å²) in [7, 11) is 1.65. The van der Waals surface area contributed by atoms with Gasteiger partial charge in [0.2, 0.25) is 0 Å². The van der Waals surface area contributed by atoms with Gasteiger partial charge in [-0.15, -0.1) is 0 Å². The lowest BCUT2D eigenvalue weighted by molar-refractivity contribution is -0.132. The Balaban J connectivity index is 2.21. The van der Waals surface area contributed by atoms with Gasteiger partial charge in [0.05, 0.1) is 23.5 Å². The van der Waals surface area contributed by atoms with E-state index in [0.29, 0.717) is 29.6 Å². The van der Waals surface area contributed by atoms with Crippen LogP contribution in [-0.4, -0.2) is 20.7 Å². The van der Waals surface area contributed by atoms with Gasteiger partial charge >= 0.3 is 5.69 Å². The molecule has 104 valence electrons. The number of carbonyl (C=O) groups is 2. The minimum absolute atomic E-state index is 0.0521. The molecule has 1 heterocycles. The van der Waals surface area contributed by atoms with E-state index in [1.165, 1.54) is 9.13 Å². The number of hydrogen-bond donors (Lipinski definition) is 1. The van der Waals surface area contributed by atoms with Gasteiger partial charge < -0.3 is 5.73 Å². The fraction of sp³-hybridized carbons (Fsp3) is 0.357. The first-order valence-electron chi connectivity index (χ1n) is 6.50. The van der Waals surface area contributed by atoms with Crippen LogP contribution in [0.4, 0.5) is 5.69 Å². The molecule has 1 aromatic carbocycles. The van der Waals surface area contributed by atoms with Crippen molar-refractivity contribution in [1.82, 2.24) is 9.13 Å². The molecule has 1 fully saturated rings. The minimum atomic E-state index is -0.549. The summed E-state index contributed by atoms with van der Waals surface area (Å²) >= 11 is 0. The van der Waals surface area contributed by atoms with Crippen LogP contribution in [-0.2, 0) is 16.6 Å². The third-order valence-electron chi connectivity index (χ3n) is 3.86. The molecular weight excluding hydrogens is 258 g/mol. The fourth-order valence-corrected chi connectivity index (χ4v) is 2.81. The van der Waals surface area contributed by atoms with Crippen LogP contribution in [0.5, 0.6) is 0 Å². The first-order chi connectivity index (χ1) is 9.49. The number of nitrogen functional groups attached to an aromatic ring is 1. The van der Waals surface area contributed by atoms with Crippen LogP contribution >= 0.6 is 0 Å². The standard InChI is InChI=1S/C14H15N3O3/c1-16-12-6-8(15)2-4-10(12)17(14(16)20)11-5-3-9(18)7-13(11)19/h2,4,6,11H,3,5,7,15H2,1H3. The zero-order valence-electron chi connectivity index (χ0n) is 11.1. The number of nitrogens with zero attached hydrogens (tertiary/aromatic N) is 2. The summed E-state index contributed by atoms with van der Waals surface area (Å²) in [6.45, 7) is 0. The summed E-state index contributed by atoms with van der Waals surface area (Å²) in [5.74, 6) is -0.239. The summed E-state index contributed by atoms with van der Waals surface area (Å²) in [5.41, 5.74) is 7.43. The van der Waals surface area contributed by atoms with Crippen LogP contribution in [0.1, 0.15) is 25.3 Å². The molecule has 0 amide bonds. The van der Waals surface area contributed by atoms with Crippen molar-refractivity contribution in [3.05, 3.63) is 28.7 Å². The Kier molecular flexibility index (Phi) is 2.74. The normalized spacial score (nSPS) is 19.8. The maximum Gasteiger partial charge on any atom is 0.329 e. The quantitative estimate of drug-likeness (QED) is 0.614.